The number of carbonyl (C=O) groups is 1. The summed E-state index contributed by atoms with van der Waals surface area (Å²) in [6.07, 6.45) is 0.236. The number of ketones is 1. The van der Waals surface area contributed by atoms with E-state index in [0.29, 0.717) is 26.4 Å². The second-order valence-electron chi connectivity index (χ2n) is 4.20. The first-order chi connectivity index (χ1) is 9.51. The number of benzene rings is 2. The van der Waals surface area contributed by atoms with E-state index in [-0.39, 0.29) is 12.2 Å². The van der Waals surface area contributed by atoms with Crippen molar-refractivity contribution >= 4 is 40.6 Å². The van der Waals surface area contributed by atoms with Gasteiger partial charge in [-0.2, -0.15) is 0 Å². The molecule has 2 aromatic carbocycles. The maximum absolute atomic E-state index is 12.2. The van der Waals surface area contributed by atoms with E-state index >= 15 is 0 Å². The van der Waals surface area contributed by atoms with Gasteiger partial charge in [0, 0.05) is 12.0 Å². The van der Waals surface area contributed by atoms with Crippen molar-refractivity contribution in [3.05, 3.63) is 62.6 Å². The highest BCUT2D eigenvalue weighted by molar-refractivity contribution is 6.42. The van der Waals surface area contributed by atoms with Crippen LogP contribution in [0, 0.1) is 0 Å². The Hall–Kier alpha value is -1.22. The van der Waals surface area contributed by atoms with Gasteiger partial charge in [-0.05, 0) is 35.9 Å². The molecule has 0 N–H and O–H groups in total. The van der Waals surface area contributed by atoms with Gasteiger partial charge in [-0.15, -0.1) is 0 Å². The molecule has 0 aromatic heterocycles. The van der Waals surface area contributed by atoms with Gasteiger partial charge in [0.25, 0.3) is 0 Å². The number of ether oxygens (including phenoxy) is 1. The van der Waals surface area contributed by atoms with Crippen LogP contribution in [0.1, 0.15) is 15.9 Å². The molecule has 0 heterocycles. The van der Waals surface area contributed by atoms with E-state index < -0.39 is 0 Å². The third-order valence-electron chi connectivity index (χ3n) is 2.82. The predicted octanol–water partition coefficient (Wildman–Crippen LogP) is 5.08. The molecule has 0 aliphatic carbocycles. The summed E-state index contributed by atoms with van der Waals surface area (Å²) < 4.78 is 5.05. The molecule has 2 nitrogen and oxygen atoms in total. The molecule has 0 fully saturated rings. The molecule has 0 unspecified atom stereocenters. The molecular formula is C15H11Cl3O2. The molecule has 0 saturated heterocycles. The Morgan fingerprint density at radius 3 is 2.35 bits per heavy atom. The summed E-state index contributed by atoms with van der Waals surface area (Å²) in [4.78, 5) is 12.2. The molecule has 0 bridgehead atoms. The third kappa shape index (κ3) is 3.45. The number of halogens is 3. The third-order valence-corrected chi connectivity index (χ3v) is 3.86. The van der Waals surface area contributed by atoms with E-state index in [1.807, 2.05) is 0 Å². The van der Waals surface area contributed by atoms with Crippen LogP contribution in [0.5, 0.6) is 5.75 Å². The first-order valence-electron chi connectivity index (χ1n) is 5.82. The van der Waals surface area contributed by atoms with Crippen LogP contribution in [0.4, 0.5) is 0 Å². The lowest BCUT2D eigenvalue weighted by Gasteiger charge is -2.06. The maximum atomic E-state index is 12.2. The van der Waals surface area contributed by atoms with Gasteiger partial charge in [0.05, 0.1) is 22.2 Å². The highest BCUT2D eigenvalue weighted by atomic mass is 35.5. The van der Waals surface area contributed by atoms with Gasteiger partial charge in [0.1, 0.15) is 5.75 Å². The monoisotopic (exact) mass is 328 g/mol. The zero-order valence-corrected chi connectivity index (χ0v) is 12.9. The average Bonchev–Trinajstić information content (AvgIpc) is 2.42. The fraction of sp³-hybridized carbons (Fsp3) is 0.133. The summed E-state index contributed by atoms with van der Waals surface area (Å²) >= 11 is 17.8. The van der Waals surface area contributed by atoms with Crippen molar-refractivity contribution in [2.24, 2.45) is 0 Å². The summed E-state index contributed by atoms with van der Waals surface area (Å²) in [6.45, 7) is 0. The van der Waals surface area contributed by atoms with Crippen molar-refractivity contribution in [1.29, 1.82) is 0 Å². The van der Waals surface area contributed by atoms with E-state index in [1.165, 1.54) is 7.11 Å². The molecule has 0 radical (unpaired) electrons. The lowest BCUT2D eigenvalue weighted by molar-refractivity contribution is 0.0993. The Balaban J connectivity index is 2.19. The van der Waals surface area contributed by atoms with Crippen LogP contribution in [0.3, 0.4) is 0 Å². The summed E-state index contributed by atoms with van der Waals surface area (Å²) in [5.41, 5.74) is 1.33. The Morgan fingerprint density at radius 1 is 1.00 bits per heavy atom. The fourth-order valence-electron chi connectivity index (χ4n) is 1.78. The topological polar surface area (TPSA) is 26.3 Å². The molecule has 0 amide bonds. The number of hydrogen-bond acceptors (Lipinski definition) is 2. The van der Waals surface area contributed by atoms with Crippen molar-refractivity contribution in [1.82, 2.24) is 0 Å². The lowest BCUT2D eigenvalue weighted by Crippen LogP contribution is -2.03. The minimum atomic E-state index is -0.0482. The highest BCUT2D eigenvalue weighted by Gasteiger charge is 2.11. The minimum absolute atomic E-state index is 0.0482. The SMILES string of the molecule is COc1ccc(C(=O)Cc2ccc(Cl)c(Cl)c2)cc1Cl. The van der Waals surface area contributed by atoms with Crippen LogP contribution in [-0.2, 0) is 6.42 Å². The van der Waals surface area contributed by atoms with Crippen LogP contribution in [0.15, 0.2) is 36.4 Å². The average molecular weight is 330 g/mol. The number of carbonyl (C=O) groups excluding carboxylic acids is 1. The zero-order chi connectivity index (χ0) is 14.7. The molecule has 2 rings (SSSR count). The molecule has 0 aliphatic heterocycles. The van der Waals surface area contributed by atoms with E-state index in [2.05, 4.69) is 0 Å². The molecule has 0 atom stereocenters. The van der Waals surface area contributed by atoms with Gasteiger partial charge < -0.3 is 4.74 Å². The molecular weight excluding hydrogens is 319 g/mol. The van der Waals surface area contributed by atoms with Crippen LogP contribution < -0.4 is 4.74 Å². The molecule has 0 saturated carbocycles. The van der Waals surface area contributed by atoms with Gasteiger partial charge in [0.2, 0.25) is 0 Å². The molecule has 0 spiro atoms. The quantitative estimate of drug-likeness (QED) is 0.731. The summed E-state index contributed by atoms with van der Waals surface area (Å²) in [5.74, 6) is 0.491. The Labute approximate surface area is 132 Å². The first kappa shape index (κ1) is 15.2. The first-order valence-corrected chi connectivity index (χ1v) is 6.95. The van der Waals surface area contributed by atoms with Crippen LogP contribution in [0.2, 0.25) is 15.1 Å². The summed E-state index contributed by atoms with van der Waals surface area (Å²) in [6, 6.07) is 10.1. The highest BCUT2D eigenvalue weighted by Crippen LogP contribution is 2.26. The van der Waals surface area contributed by atoms with Crippen LogP contribution in [0.25, 0.3) is 0 Å². The number of methoxy groups -OCH3 is 1. The molecule has 2 aromatic rings. The minimum Gasteiger partial charge on any atom is -0.495 e. The normalized spacial score (nSPS) is 10.4. The van der Waals surface area contributed by atoms with Gasteiger partial charge in [0.15, 0.2) is 5.78 Å². The van der Waals surface area contributed by atoms with Crippen molar-refractivity contribution in [3.8, 4) is 5.75 Å². The van der Waals surface area contributed by atoms with Gasteiger partial charge >= 0.3 is 0 Å². The van der Waals surface area contributed by atoms with Crippen molar-refractivity contribution in [2.45, 2.75) is 6.42 Å². The molecule has 5 heteroatoms. The second kappa shape index (κ2) is 6.49. The van der Waals surface area contributed by atoms with Gasteiger partial charge in [-0.3, -0.25) is 4.79 Å². The molecule has 20 heavy (non-hydrogen) atoms. The van der Waals surface area contributed by atoms with Crippen LogP contribution >= 0.6 is 34.8 Å². The summed E-state index contributed by atoms with van der Waals surface area (Å²) in [7, 11) is 1.53. The Morgan fingerprint density at radius 2 is 1.75 bits per heavy atom. The van der Waals surface area contributed by atoms with E-state index in [1.54, 1.807) is 36.4 Å². The van der Waals surface area contributed by atoms with Gasteiger partial charge in [-0.25, -0.2) is 0 Å². The number of hydrogen-bond donors (Lipinski definition) is 0. The standard InChI is InChI=1S/C15H11Cl3O2/c1-20-15-5-3-10(8-13(15)18)14(19)7-9-2-4-11(16)12(17)6-9/h2-6,8H,7H2,1H3. The van der Waals surface area contributed by atoms with E-state index in [0.717, 1.165) is 5.56 Å². The van der Waals surface area contributed by atoms with Crippen molar-refractivity contribution in [3.63, 3.8) is 0 Å². The lowest BCUT2D eigenvalue weighted by atomic mass is 10.0. The second-order valence-corrected chi connectivity index (χ2v) is 5.42. The zero-order valence-electron chi connectivity index (χ0n) is 10.6. The maximum Gasteiger partial charge on any atom is 0.167 e. The van der Waals surface area contributed by atoms with E-state index in [4.69, 9.17) is 39.5 Å². The Bertz CT molecular complexity index is 654. The molecule has 104 valence electrons. The largest absolute Gasteiger partial charge is 0.495 e. The van der Waals surface area contributed by atoms with Crippen molar-refractivity contribution < 1.29 is 9.53 Å². The molecule has 0 aliphatic rings. The van der Waals surface area contributed by atoms with Crippen molar-refractivity contribution in [2.75, 3.05) is 7.11 Å². The smallest absolute Gasteiger partial charge is 0.167 e. The van der Waals surface area contributed by atoms with Gasteiger partial charge in [-0.1, -0.05) is 40.9 Å². The fourth-order valence-corrected chi connectivity index (χ4v) is 2.36. The predicted molar refractivity (Wildman–Crippen MR) is 82.5 cm³/mol. The number of rotatable bonds is 4. The van der Waals surface area contributed by atoms with Crippen LogP contribution in [-0.4, -0.2) is 12.9 Å². The Kier molecular flexibility index (Phi) is 4.92. The number of Topliss-reactive ketones (excluding diaryl/α,β-unsaturated/α-hetero) is 1. The van der Waals surface area contributed by atoms with E-state index in [9.17, 15) is 4.79 Å². The summed E-state index contributed by atoms with van der Waals surface area (Å²) in [5, 5.41) is 1.31.